The van der Waals surface area contributed by atoms with E-state index < -0.39 is 0 Å². The van der Waals surface area contributed by atoms with Gasteiger partial charge in [-0.3, -0.25) is 5.41 Å². The van der Waals surface area contributed by atoms with Crippen LogP contribution in [0.25, 0.3) is 18.2 Å². The van der Waals surface area contributed by atoms with Crippen LogP contribution in [0.4, 0.5) is 0 Å². The molecule has 5 heterocycles. The molecule has 0 amide bonds. The number of rotatable bonds is 0. The van der Waals surface area contributed by atoms with Gasteiger partial charge in [0.15, 0.2) is 0 Å². The average Bonchev–Trinajstić information content (AvgIpc) is 3.33. The van der Waals surface area contributed by atoms with E-state index >= 15 is 0 Å². The van der Waals surface area contributed by atoms with Crippen LogP contribution in [0.15, 0.2) is 70.7 Å². The summed E-state index contributed by atoms with van der Waals surface area (Å²) >= 11 is 0. The molecule has 3 aliphatic rings. The summed E-state index contributed by atoms with van der Waals surface area (Å²) in [6, 6.07) is 8.15. The molecule has 4 N–H and O–H groups in total. The maximum Gasteiger partial charge on any atom is 0.0796 e. The summed E-state index contributed by atoms with van der Waals surface area (Å²) in [5.41, 5.74) is 5.85. The molecule has 2 aromatic heterocycles. The molecule has 8 bridgehead atoms. The minimum atomic E-state index is 0. The molecule has 0 saturated heterocycles. The van der Waals surface area contributed by atoms with E-state index in [4.69, 9.17) is 5.41 Å². The van der Waals surface area contributed by atoms with Crippen molar-refractivity contribution in [2.24, 2.45) is 4.99 Å². The molecule has 0 saturated carbocycles. The van der Waals surface area contributed by atoms with Gasteiger partial charge < -0.3 is 15.3 Å². The maximum absolute atomic E-state index is 8.15. The summed E-state index contributed by atoms with van der Waals surface area (Å²) in [5.74, 6) is 0. The van der Waals surface area contributed by atoms with Crippen molar-refractivity contribution >= 4 is 29.7 Å². The SMILES string of the molecule is N=C1C=C2C=c3ccc([nH]3)=Cc3ccc([nH]3)C=C3C=CC(=N3)C=C1N2.[Cu]. The van der Waals surface area contributed by atoms with Crippen molar-refractivity contribution in [3.8, 4) is 0 Å². The van der Waals surface area contributed by atoms with Crippen LogP contribution in [-0.4, -0.2) is 21.4 Å². The number of nitrogens with one attached hydrogen (secondary N) is 4. The average molecular weight is 389 g/mol. The van der Waals surface area contributed by atoms with Crippen LogP contribution in [-0.2, 0) is 17.1 Å². The molecule has 6 heteroatoms. The van der Waals surface area contributed by atoms with Crippen molar-refractivity contribution in [1.82, 2.24) is 15.3 Å². The van der Waals surface area contributed by atoms with E-state index in [1.807, 2.05) is 60.7 Å². The summed E-state index contributed by atoms with van der Waals surface area (Å²) in [4.78, 5) is 11.3. The molecule has 131 valence electrons. The summed E-state index contributed by atoms with van der Waals surface area (Å²) < 4.78 is 0. The second kappa shape index (κ2) is 6.33. The van der Waals surface area contributed by atoms with E-state index in [0.717, 1.165) is 44.9 Å². The van der Waals surface area contributed by atoms with Gasteiger partial charge in [0, 0.05) is 44.9 Å². The fraction of sp³-hybridized carbons (Fsp3) is 0. The molecule has 5 nitrogen and oxygen atoms in total. The van der Waals surface area contributed by atoms with Gasteiger partial charge in [0.25, 0.3) is 0 Å². The number of hydrogen-bond acceptors (Lipinski definition) is 3. The molecule has 0 atom stereocenters. The van der Waals surface area contributed by atoms with E-state index in [9.17, 15) is 0 Å². The van der Waals surface area contributed by atoms with Crippen LogP contribution in [0.3, 0.4) is 0 Å². The normalized spacial score (nSPS) is 17.2. The van der Waals surface area contributed by atoms with Crippen molar-refractivity contribution in [3.63, 3.8) is 0 Å². The Kier molecular flexibility index (Phi) is 3.99. The number of nitrogens with zero attached hydrogens (tertiary/aromatic N) is 1. The molecule has 3 aliphatic heterocycles. The van der Waals surface area contributed by atoms with E-state index in [-0.39, 0.29) is 17.1 Å². The number of allylic oxidation sites excluding steroid dienone is 5. The van der Waals surface area contributed by atoms with Crippen LogP contribution in [0.1, 0.15) is 11.4 Å². The van der Waals surface area contributed by atoms with Crippen LogP contribution in [0.5, 0.6) is 0 Å². The molecular formula is C20H15CuN5. The van der Waals surface area contributed by atoms with Crippen LogP contribution < -0.4 is 16.0 Å². The largest absolute Gasteiger partial charge is 0.355 e. The Morgan fingerprint density at radius 1 is 0.769 bits per heavy atom. The maximum atomic E-state index is 8.15. The monoisotopic (exact) mass is 388 g/mol. The van der Waals surface area contributed by atoms with Gasteiger partial charge in [0.05, 0.1) is 22.8 Å². The van der Waals surface area contributed by atoms with Crippen molar-refractivity contribution < 1.29 is 17.1 Å². The molecular weight excluding hydrogens is 374 g/mol. The molecule has 5 rings (SSSR count). The second-order valence-electron chi connectivity index (χ2n) is 6.16. The molecule has 0 spiro atoms. The number of aliphatic imine (C=N–C) groups is 1. The zero-order valence-corrected chi connectivity index (χ0v) is 14.5. The fourth-order valence-electron chi connectivity index (χ4n) is 3.08. The van der Waals surface area contributed by atoms with Crippen molar-refractivity contribution in [2.45, 2.75) is 0 Å². The number of hydrogen-bond donors (Lipinski definition) is 4. The van der Waals surface area contributed by atoms with Gasteiger partial charge in [-0.2, -0.15) is 0 Å². The Balaban J connectivity index is 0.00000168. The second-order valence-corrected chi connectivity index (χ2v) is 6.16. The van der Waals surface area contributed by atoms with Gasteiger partial charge in [0.1, 0.15) is 0 Å². The number of H-pyrrole nitrogens is 2. The number of fused-ring (bicyclic) bond motifs is 7. The Morgan fingerprint density at radius 3 is 2.38 bits per heavy atom. The predicted octanol–water partition coefficient (Wildman–Crippen LogP) is 1.71. The molecule has 26 heavy (non-hydrogen) atoms. The van der Waals surface area contributed by atoms with Gasteiger partial charge in [-0.1, -0.05) is 0 Å². The van der Waals surface area contributed by atoms with E-state index in [1.54, 1.807) is 0 Å². The van der Waals surface area contributed by atoms with Gasteiger partial charge in [0.2, 0.25) is 0 Å². The smallest absolute Gasteiger partial charge is 0.0796 e. The third kappa shape index (κ3) is 3.08. The first kappa shape index (κ1) is 16.4. The zero-order valence-electron chi connectivity index (χ0n) is 13.6. The van der Waals surface area contributed by atoms with E-state index in [0.29, 0.717) is 5.71 Å². The standard InChI is InChI=1S/C20H15N5.Cu/c21-19-10-18-9-16-4-3-14(23-16)7-12-1-2-13(22-12)8-15-5-6-17(24-15)11-20(19)25-18;/h1-11,21-23,25H;. The summed E-state index contributed by atoms with van der Waals surface area (Å²) in [6.07, 6.45) is 13.7. The molecule has 2 aromatic rings. The summed E-state index contributed by atoms with van der Waals surface area (Å²) in [6.45, 7) is 0. The Morgan fingerprint density at radius 2 is 1.54 bits per heavy atom. The quantitative estimate of drug-likeness (QED) is 0.509. The van der Waals surface area contributed by atoms with Gasteiger partial charge in [-0.05, 0) is 66.8 Å². The van der Waals surface area contributed by atoms with Crippen molar-refractivity contribution in [1.29, 1.82) is 5.41 Å². The number of aromatic amines is 2. The first-order valence-corrected chi connectivity index (χ1v) is 8.07. The van der Waals surface area contributed by atoms with Gasteiger partial charge in [-0.25, -0.2) is 4.99 Å². The summed E-state index contributed by atoms with van der Waals surface area (Å²) in [5, 5.41) is 13.4. The third-order valence-corrected chi connectivity index (χ3v) is 4.23. The van der Waals surface area contributed by atoms with Crippen LogP contribution in [0.2, 0.25) is 0 Å². The minimum Gasteiger partial charge on any atom is -0.355 e. The molecule has 0 unspecified atom stereocenters. The molecule has 0 fully saturated rings. The molecule has 0 aliphatic carbocycles. The van der Waals surface area contributed by atoms with Gasteiger partial charge in [-0.15, -0.1) is 0 Å². The minimum absolute atomic E-state index is 0. The first-order chi connectivity index (χ1) is 12.2. The fourth-order valence-corrected chi connectivity index (χ4v) is 3.08. The van der Waals surface area contributed by atoms with Crippen molar-refractivity contribution in [3.05, 3.63) is 87.7 Å². The molecule has 0 aromatic carbocycles. The Bertz CT molecular complexity index is 1180. The van der Waals surface area contributed by atoms with Gasteiger partial charge >= 0.3 is 0 Å². The first-order valence-electron chi connectivity index (χ1n) is 8.07. The third-order valence-electron chi connectivity index (χ3n) is 4.23. The molecule has 1 radical (unpaired) electrons. The van der Waals surface area contributed by atoms with Crippen molar-refractivity contribution in [2.75, 3.05) is 0 Å². The zero-order chi connectivity index (χ0) is 16.8. The number of aromatic nitrogens is 2. The van der Waals surface area contributed by atoms with E-state index in [1.165, 1.54) is 0 Å². The van der Waals surface area contributed by atoms with Crippen LogP contribution in [0, 0.1) is 5.41 Å². The summed E-state index contributed by atoms with van der Waals surface area (Å²) in [7, 11) is 0. The Labute approximate surface area is 160 Å². The predicted molar refractivity (Wildman–Crippen MR) is 100 cm³/mol. The van der Waals surface area contributed by atoms with E-state index in [2.05, 4.69) is 26.4 Å². The topological polar surface area (TPSA) is 79.8 Å². The van der Waals surface area contributed by atoms with Crippen LogP contribution >= 0.6 is 0 Å². The Hall–Kier alpha value is -3.08.